The van der Waals surface area contributed by atoms with Gasteiger partial charge in [-0.3, -0.25) is 0 Å². The number of allylic oxidation sites excluding steroid dienone is 4. The summed E-state index contributed by atoms with van der Waals surface area (Å²) in [5.41, 5.74) is 0.997. The lowest BCUT2D eigenvalue weighted by Crippen LogP contribution is -2.27. The predicted molar refractivity (Wildman–Crippen MR) is 80.6 cm³/mol. The molecule has 0 amide bonds. The Morgan fingerprint density at radius 3 is 2.67 bits per heavy atom. The molecule has 106 valence electrons. The summed E-state index contributed by atoms with van der Waals surface area (Å²) < 4.78 is 1.67. The third-order valence-electron chi connectivity index (χ3n) is 3.83. The van der Waals surface area contributed by atoms with Crippen LogP contribution in [-0.4, -0.2) is 21.2 Å². The van der Waals surface area contributed by atoms with Gasteiger partial charge in [0.05, 0.1) is 16.8 Å². The van der Waals surface area contributed by atoms with E-state index in [4.69, 9.17) is 0 Å². The van der Waals surface area contributed by atoms with Crippen LogP contribution in [-0.2, 0) is 10.2 Å². The Kier molecular flexibility index (Phi) is 3.22. The van der Waals surface area contributed by atoms with E-state index < -0.39 is 5.41 Å². The molecule has 21 heavy (non-hydrogen) atoms. The van der Waals surface area contributed by atoms with Gasteiger partial charge in [-0.2, -0.15) is 5.10 Å². The van der Waals surface area contributed by atoms with Crippen LogP contribution in [0.2, 0.25) is 0 Å². The van der Waals surface area contributed by atoms with Crippen molar-refractivity contribution < 1.29 is 9.90 Å². The molecule has 1 unspecified atom stereocenters. The second-order valence-electron chi connectivity index (χ2n) is 5.18. The normalized spacial score (nSPS) is 20.6. The first-order valence-corrected chi connectivity index (χ1v) is 6.83. The van der Waals surface area contributed by atoms with Gasteiger partial charge >= 0.3 is 0 Å². The van der Waals surface area contributed by atoms with Crippen LogP contribution in [0.3, 0.4) is 0 Å². The summed E-state index contributed by atoms with van der Waals surface area (Å²) in [6, 6.07) is 9.56. The van der Waals surface area contributed by atoms with Crippen molar-refractivity contribution in [3.05, 3.63) is 66.0 Å². The topological polar surface area (TPSA) is 55.1 Å². The SMILES string of the molecule is Cc1c(O)c(C2(C=O)C=CC=CC2)nn1-c1ccccc1. The molecule has 4 heteroatoms. The fourth-order valence-electron chi connectivity index (χ4n) is 2.58. The van der Waals surface area contributed by atoms with Gasteiger partial charge in [0.25, 0.3) is 0 Å². The van der Waals surface area contributed by atoms with Crippen molar-refractivity contribution in [2.45, 2.75) is 18.8 Å². The van der Waals surface area contributed by atoms with Gasteiger partial charge in [0.1, 0.15) is 12.0 Å². The summed E-state index contributed by atoms with van der Waals surface area (Å²) in [6.45, 7) is 1.79. The average molecular weight is 280 g/mol. The van der Waals surface area contributed by atoms with Gasteiger partial charge < -0.3 is 9.90 Å². The van der Waals surface area contributed by atoms with Crippen molar-refractivity contribution >= 4 is 6.29 Å². The first kappa shape index (κ1) is 13.4. The summed E-state index contributed by atoms with van der Waals surface area (Å²) in [6.07, 6.45) is 8.76. The summed E-state index contributed by atoms with van der Waals surface area (Å²) in [4.78, 5) is 11.6. The maximum atomic E-state index is 11.6. The molecule has 0 saturated heterocycles. The fraction of sp³-hybridized carbons (Fsp3) is 0.176. The lowest BCUT2D eigenvalue weighted by molar-refractivity contribution is -0.111. The van der Waals surface area contributed by atoms with E-state index in [0.29, 0.717) is 17.8 Å². The van der Waals surface area contributed by atoms with Gasteiger partial charge in [0, 0.05) is 0 Å². The maximum Gasteiger partial charge on any atom is 0.161 e. The molecule has 3 rings (SSSR count). The number of aldehydes is 1. The summed E-state index contributed by atoms with van der Waals surface area (Å²) >= 11 is 0. The van der Waals surface area contributed by atoms with Gasteiger partial charge in [0.2, 0.25) is 0 Å². The van der Waals surface area contributed by atoms with Gasteiger partial charge in [-0.15, -0.1) is 0 Å². The maximum absolute atomic E-state index is 11.6. The molecule has 1 N–H and O–H groups in total. The molecule has 4 nitrogen and oxygen atoms in total. The van der Waals surface area contributed by atoms with Crippen molar-refractivity contribution in [3.63, 3.8) is 0 Å². The lowest BCUT2D eigenvalue weighted by Gasteiger charge is -2.22. The molecule has 2 aromatic rings. The van der Waals surface area contributed by atoms with Crippen molar-refractivity contribution in [1.82, 2.24) is 9.78 Å². The van der Waals surface area contributed by atoms with E-state index in [1.165, 1.54) is 0 Å². The Labute approximate surface area is 123 Å². The number of para-hydroxylation sites is 1. The number of carbonyl (C=O) groups excluding carboxylic acids is 1. The Hall–Kier alpha value is -2.62. The molecule has 1 heterocycles. The molecule has 0 bridgehead atoms. The molecule has 1 aromatic heterocycles. The molecular formula is C17H16N2O2. The second-order valence-corrected chi connectivity index (χ2v) is 5.18. The van der Waals surface area contributed by atoms with Crippen LogP contribution >= 0.6 is 0 Å². The molecule has 0 saturated carbocycles. The molecule has 0 radical (unpaired) electrons. The molecular weight excluding hydrogens is 264 g/mol. The highest BCUT2D eigenvalue weighted by molar-refractivity contribution is 5.74. The highest BCUT2D eigenvalue weighted by Gasteiger charge is 2.36. The van der Waals surface area contributed by atoms with Gasteiger partial charge in [-0.1, -0.05) is 42.5 Å². The third-order valence-corrected chi connectivity index (χ3v) is 3.83. The Morgan fingerprint density at radius 1 is 1.29 bits per heavy atom. The first-order valence-electron chi connectivity index (χ1n) is 6.83. The van der Waals surface area contributed by atoms with Crippen LogP contribution in [0.5, 0.6) is 5.75 Å². The smallest absolute Gasteiger partial charge is 0.161 e. The summed E-state index contributed by atoms with van der Waals surface area (Å²) in [5, 5.41) is 14.9. The van der Waals surface area contributed by atoms with Crippen molar-refractivity contribution in [3.8, 4) is 11.4 Å². The Bertz CT molecular complexity index is 729. The van der Waals surface area contributed by atoms with E-state index in [-0.39, 0.29) is 5.75 Å². The molecule has 1 atom stereocenters. The Balaban J connectivity index is 2.15. The standard InChI is InChI=1S/C17H16N2O2/c1-13-15(21)16(17(12-20)10-6-3-7-11-17)18-19(13)14-8-4-2-5-9-14/h2-10,12,21H,11H2,1H3. The van der Waals surface area contributed by atoms with Crippen LogP contribution in [0.25, 0.3) is 5.69 Å². The number of hydrogen-bond donors (Lipinski definition) is 1. The second kappa shape index (κ2) is 5.05. The molecule has 1 aromatic carbocycles. The number of carbonyl (C=O) groups is 1. The third kappa shape index (κ3) is 2.09. The van der Waals surface area contributed by atoms with Crippen LogP contribution in [0, 0.1) is 6.92 Å². The van der Waals surface area contributed by atoms with E-state index in [2.05, 4.69) is 5.10 Å². The van der Waals surface area contributed by atoms with Crippen LogP contribution in [0.15, 0.2) is 54.6 Å². The van der Waals surface area contributed by atoms with E-state index in [1.807, 2.05) is 48.6 Å². The monoisotopic (exact) mass is 280 g/mol. The minimum atomic E-state index is -0.885. The minimum Gasteiger partial charge on any atom is -0.504 e. The lowest BCUT2D eigenvalue weighted by atomic mass is 9.79. The number of nitrogens with zero attached hydrogens (tertiary/aromatic N) is 2. The zero-order valence-electron chi connectivity index (χ0n) is 11.7. The zero-order valence-corrected chi connectivity index (χ0v) is 11.7. The molecule has 0 spiro atoms. The summed E-state index contributed by atoms with van der Waals surface area (Å²) in [5.74, 6) is 0.0749. The molecule has 1 aliphatic rings. The average Bonchev–Trinajstić information content (AvgIpc) is 2.85. The largest absolute Gasteiger partial charge is 0.504 e. The molecule has 1 aliphatic carbocycles. The van der Waals surface area contributed by atoms with Crippen molar-refractivity contribution in [2.24, 2.45) is 0 Å². The number of benzene rings is 1. The molecule has 0 aliphatic heterocycles. The predicted octanol–water partition coefficient (Wildman–Crippen LogP) is 2.84. The minimum absolute atomic E-state index is 0.0749. The first-order chi connectivity index (χ1) is 10.2. The van der Waals surface area contributed by atoms with Crippen LogP contribution in [0.1, 0.15) is 17.8 Å². The number of rotatable bonds is 3. The van der Waals surface area contributed by atoms with Gasteiger partial charge in [0.15, 0.2) is 5.75 Å². The quantitative estimate of drug-likeness (QED) is 0.880. The van der Waals surface area contributed by atoms with Gasteiger partial charge in [-0.05, 0) is 25.5 Å². The fourth-order valence-corrected chi connectivity index (χ4v) is 2.58. The number of aromatic hydroxyl groups is 1. The van der Waals surface area contributed by atoms with E-state index >= 15 is 0 Å². The van der Waals surface area contributed by atoms with Crippen LogP contribution in [0.4, 0.5) is 0 Å². The molecule has 0 fully saturated rings. The van der Waals surface area contributed by atoms with Crippen molar-refractivity contribution in [1.29, 1.82) is 0 Å². The zero-order chi connectivity index (χ0) is 14.9. The van der Waals surface area contributed by atoms with Crippen molar-refractivity contribution in [2.75, 3.05) is 0 Å². The number of hydrogen-bond acceptors (Lipinski definition) is 3. The Morgan fingerprint density at radius 2 is 2.05 bits per heavy atom. The highest BCUT2D eigenvalue weighted by atomic mass is 16.3. The van der Waals surface area contributed by atoms with Crippen LogP contribution < -0.4 is 0 Å². The van der Waals surface area contributed by atoms with E-state index in [0.717, 1.165) is 12.0 Å². The van der Waals surface area contributed by atoms with E-state index in [1.54, 1.807) is 17.7 Å². The summed E-state index contributed by atoms with van der Waals surface area (Å²) in [7, 11) is 0. The van der Waals surface area contributed by atoms with E-state index in [9.17, 15) is 9.90 Å². The highest BCUT2D eigenvalue weighted by Crippen LogP contribution is 2.37. The van der Waals surface area contributed by atoms with Gasteiger partial charge in [-0.25, -0.2) is 4.68 Å². The number of aromatic nitrogens is 2.